The fraction of sp³-hybridized carbons (Fsp3) is 0.462. The number of hydrogen-bond acceptors (Lipinski definition) is 3. The SMILES string of the molecule is CC(C)=CCN(c1ccc(C(C)C)cc1)C1CCN(Cc2ccc(O)cc2)CC1. The highest BCUT2D eigenvalue weighted by Crippen LogP contribution is 2.27. The molecule has 1 N–H and O–H groups in total. The summed E-state index contributed by atoms with van der Waals surface area (Å²) in [5.41, 5.74) is 5.38. The van der Waals surface area contributed by atoms with E-state index in [1.807, 2.05) is 12.1 Å². The molecular weight excluding hydrogens is 356 g/mol. The third-order valence-corrected chi connectivity index (χ3v) is 5.93. The van der Waals surface area contributed by atoms with E-state index in [2.05, 4.69) is 67.8 Å². The van der Waals surface area contributed by atoms with Gasteiger partial charge in [-0.25, -0.2) is 0 Å². The van der Waals surface area contributed by atoms with Gasteiger partial charge in [0.15, 0.2) is 0 Å². The van der Waals surface area contributed by atoms with Crippen LogP contribution in [-0.4, -0.2) is 35.7 Å². The van der Waals surface area contributed by atoms with Crippen LogP contribution in [0.3, 0.4) is 0 Å². The number of phenols is 1. The number of aromatic hydroxyl groups is 1. The highest BCUT2D eigenvalue weighted by Gasteiger charge is 2.24. The van der Waals surface area contributed by atoms with E-state index in [-0.39, 0.29) is 0 Å². The van der Waals surface area contributed by atoms with Gasteiger partial charge in [0.25, 0.3) is 0 Å². The maximum absolute atomic E-state index is 9.48. The Labute approximate surface area is 176 Å². The minimum atomic E-state index is 0.339. The van der Waals surface area contributed by atoms with E-state index in [9.17, 15) is 5.11 Å². The first-order chi connectivity index (χ1) is 13.9. The summed E-state index contributed by atoms with van der Waals surface area (Å²) in [6.07, 6.45) is 4.71. The third kappa shape index (κ3) is 6.11. The van der Waals surface area contributed by atoms with Crippen LogP contribution in [0.1, 0.15) is 57.6 Å². The van der Waals surface area contributed by atoms with Crippen molar-refractivity contribution in [1.82, 2.24) is 4.90 Å². The maximum atomic E-state index is 9.48. The van der Waals surface area contributed by atoms with Crippen LogP contribution in [0.2, 0.25) is 0 Å². The van der Waals surface area contributed by atoms with Crippen molar-refractivity contribution in [3.63, 3.8) is 0 Å². The molecule has 0 aliphatic carbocycles. The first-order valence-corrected chi connectivity index (χ1v) is 10.9. The number of hydrogen-bond donors (Lipinski definition) is 1. The molecule has 1 fully saturated rings. The maximum Gasteiger partial charge on any atom is 0.115 e. The van der Waals surface area contributed by atoms with Crippen LogP contribution < -0.4 is 4.90 Å². The van der Waals surface area contributed by atoms with Crippen molar-refractivity contribution in [2.24, 2.45) is 0 Å². The molecule has 3 rings (SSSR count). The number of phenolic OH excluding ortho intramolecular Hbond substituents is 1. The number of anilines is 1. The van der Waals surface area contributed by atoms with Gasteiger partial charge in [-0.15, -0.1) is 0 Å². The number of likely N-dealkylation sites (tertiary alicyclic amines) is 1. The van der Waals surface area contributed by atoms with E-state index in [4.69, 9.17) is 0 Å². The molecule has 0 amide bonds. The van der Waals surface area contributed by atoms with Gasteiger partial charge in [-0.3, -0.25) is 4.90 Å². The molecule has 0 saturated carbocycles. The number of nitrogens with zero attached hydrogens (tertiary/aromatic N) is 2. The predicted molar refractivity (Wildman–Crippen MR) is 124 cm³/mol. The molecule has 3 heteroatoms. The third-order valence-electron chi connectivity index (χ3n) is 5.93. The summed E-state index contributed by atoms with van der Waals surface area (Å²) >= 11 is 0. The molecule has 1 heterocycles. The Morgan fingerprint density at radius 3 is 2.21 bits per heavy atom. The topological polar surface area (TPSA) is 26.7 Å². The van der Waals surface area contributed by atoms with Crippen LogP contribution in [0.15, 0.2) is 60.2 Å². The quantitative estimate of drug-likeness (QED) is 0.590. The lowest BCUT2D eigenvalue weighted by molar-refractivity contribution is 0.202. The molecule has 3 nitrogen and oxygen atoms in total. The lowest BCUT2D eigenvalue weighted by atomic mass is 9.99. The zero-order chi connectivity index (χ0) is 20.8. The van der Waals surface area contributed by atoms with E-state index >= 15 is 0 Å². The Morgan fingerprint density at radius 2 is 1.66 bits per heavy atom. The van der Waals surface area contributed by atoms with Gasteiger partial charge in [0.2, 0.25) is 0 Å². The monoisotopic (exact) mass is 392 g/mol. The largest absolute Gasteiger partial charge is 0.508 e. The van der Waals surface area contributed by atoms with Gasteiger partial charge in [0.1, 0.15) is 5.75 Å². The van der Waals surface area contributed by atoms with Gasteiger partial charge in [-0.05, 0) is 68.0 Å². The van der Waals surface area contributed by atoms with Crippen LogP contribution in [0.5, 0.6) is 5.75 Å². The summed E-state index contributed by atoms with van der Waals surface area (Å²) in [5, 5.41) is 9.48. The van der Waals surface area contributed by atoms with Crippen molar-refractivity contribution in [2.75, 3.05) is 24.5 Å². The van der Waals surface area contributed by atoms with Crippen molar-refractivity contribution in [3.8, 4) is 5.75 Å². The molecule has 2 aromatic carbocycles. The summed E-state index contributed by atoms with van der Waals surface area (Å²) in [5.74, 6) is 0.907. The van der Waals surface area contributed by atoms with E-state index in [1.54, 1.807) is 12.1 Å². The first-order valence-electron chi connectivity index (χ1n) is 10.9. The smallest absolute Gasteiger partial charge is 0.115 e. The van der Waals surface area contributed by atoms with Crippen LogP contribution >= 0.6 is 0 Å². The number of benzene rings is 2. The van der Waals surface area contributed by atoms with Crippen LogP contribution in [0, 0.1) is 0 Å². The molecule has 156 valence electrons. The molecule has 0 aromatic heterocycles. The fourth-order valence-corrected chi connectivity index (χ4v) is 4.05. The van der Waals surface area contributed by atoms with E-state index in [0.717, 1.165) is 26.2 Å². The molecule has 0 unspecified atom stereocenters. The van der Waals surface area contributed by atoms with Crippen LogP contribution in [-0.2, 0) is 6.54 Å². The van der Waals surface area contributed by atoms with Gasteiger partial charge < -0.3 is 10.0 Å². The molecule has 29 heavy (non-hydrogen) atoms. The van der Waals surface area contributed by atoms with Crippen LogP contribution in [0.25, 0.3) is 0 Å². The molecule has 1 aliphatic rings. The van der Waals surface area contributed by atoms with Gasteiger partial charge in [0, 0.05) is 37.9 Å². The second-order valence-electron chi connectivity index (χ2n) is 8.85. The second-order valence-corrected chi connectivity index (χ2v) is 8.85. The van der Waals surface area contributed by atoms with Gasteiger partial charge >= 0.3 is 0 Å². The van der Waals surface area contributed by atoms with Crippen molar-refractivity contribution in [2.45, 2.75) is 59.0 Å². The lowest BCUT2D eigenvalue weighted by Crippen LogP contribution is -2.45. The van der Waals surface area contributed by atoms with Gasteiger partial charge in [-0.2, -0.15) is 0 Å². The minimum Gasteiger partial charge on any atom is -0.508 e. The zero-order valence-electron chi connectivity index (χ0n) is 18.4. The molecular formula is C26H36N2O. The fourth-order valence-electron chi connectivity index (χ4n) is 4.05. The van der Waals surface area contributed by atoms with E-state index in [0.29, 0.717) is 17.7 Å². The molecule has 0 radical (unpaired) electrons. The summed E-state index contributed by atoms with van der Waals surface area (Å²) in [4.78, 5) is 5.12. The first kappa shape index (κ1) is 21.4. The Hall–Kier alpha value is -2.26. The Kier molecular flexibility index (Phi) is 7.38. The summed E-state index contributed by atoms with van der Waals surface area (Å²) < 4.78 is 0. The molecule has 1 saturated heterocycles. The summed E-state index contributed by atoms with van der Waals surface area (Å²) in [6, 6.07) is 17.4. The minimum absolute atomic E-state index is 0.339. The Balaban J connectivity index is 1.65. The van der Waals surface area contributed by atoms with E-state index < -0.39 is 0 Å². The average Bonchev–Trinajstić information content (AvgIpc) is 2.71. The Morgan fingerprint density at radius 1 is 1.03 bits per heavy atom. The molecule has 2 aromatic rings. The average molecular weight is 393 g/mol. The van der Waals surface area contributed by atoms with E-state index in [1.165, 1.54) is 35.2 Å². The van der Waals surface area contributed by atoms with Gasteiger partial charge in [-0.1, -0.05) is 49.8 Å². The standard InChI is InChI=1S/C26H36N2O/c1-20(2)13-18-28(24-9-7-23(8-10-24)21(3)4)25-14-16-27(17-15-25)19-22-5-11-26(29)12-6-22/h5-13,21,25,29H,14-19H2,1-4H3. The van der Waals surface area contributed by atoms with Crippen molar-refractivity contribution in [1.29, 1.82) is 0 Å². The van der Waals surface area contributed by atoms with Crippen molar-refractivity contribution >= 4 is 5.69 Å². The lowest BCUT2D eigenvalue weighted by Gasteiger charge is -2.39. The molecule has 0 bridgehead atoms. The van der Waals surface area contributed by atoms with Crippen molar-refractivity contribution in [3.05, 3.63) is 71.3 Å². The second kappa shape index (κ2) is 9.98. The normalized spacial score (nSPS) is 15.5. The molecule has 0 spiro atoms. The highest BCUT2D eigenvalue weighted by atomic mass is 16.3. The summed E-state index contributed by atoms with van der Waals surface area (Å²) in [7, 11) is 0. The number of allylic oxidation sites excluding steroid dienone is 1. The Bertz CT molecular complexity index is 780. The molecule has 1 aliphatic heterocycles. The molecule has 0 atom stereocenters. The zero-order valence-corrected chi connectivity index (χ0v) is 18.4. The highest BCUT2D eigenvalue weighted by molar-refractivity contribution is 5.50. The predicted octanol–water partition coefficient (Wildman–Crippen LogP) is 5.95. The number of piperidine rings is 1. The summed E-state index contributed by atoms with van der Waals surface area (Å²) in [6.45, 7) is 13.0. The number of rotatable bonds is 7. The van der Waals surface area contributed by atoms with Crippen molar-refractivity contribution < 1.29 is 5.11 Å². The van der Waals surface area contributed by atoms with Crippen LogP contribution in [0.4, 0.5) is 5.69 Å². The van der Waals surface area contributed by atoms with Gasteiger partial charge in [0.05, 0.1) is 0 Å².